The molecule has 2 N–H and O–H groups in total. The van der Waals surface area contributed by atoms with E-state index in [4.69, 9.17) is 10.5 Å². The molecule has 0 amide bonds. The summed E-state index contributed by atoms with van der Waals surface area (Å²) >= 11 is 0. The molecule has 1 aliphatic heterocycles. The second-order valence-electron chi connectivity index (χ2n) is 6.07. The van der Waals surface area contributed by atoms with Gasteiger partial charge in [-0.25, -0.2) is 0 Å². The highest BCUT2D eigenvalue weighted by Crippen LogP contribution is 2.58. The van der Waals surface area contributed by atoms with Gasteiger partial charge in [0.1, 0.15) is 0 Å². The summed E-state index contributed by atoms with van der Waals surface area (Å²) in [5.41, 5.74) is 6.70. The van der Waals surface area contributed by atoms with E-state index < -0.39 is 0 Å². The molecule has 3 unspecified atom stereocenters. The van der Waals surface area contributed by atoms with Crippen LogP contribution in [0.5, 0.6) is 0 Å². The van der Waals surface area contributed by atoms with Crippen molar-refractivity contribution in [3.8, 4) is 0 Å². The highest BCUT2D eigenvalue weighted by atomic mass is 16.5. The lowest BCUT2D eigenvalue weighted by molar-refractivity contribution is -0.162. The minimum absolute atomic E-state index is 0.0861. The van der Waals surface area contributed by atoms with Gasteiger partial charge in [0.2, 0.25) is 0 Å². The molecular weight excluding hydrogens is 212 g/mol. The highest BCUT2D eigenvalue weighted by Gasteiger charge is 2.67. The molecule has 2 aliphatic rings. The number of hydrogen-bond acceptors (Lipinski definition) is 3. The van der Waals surface area contributed by atoms with Crippen molar-refractivity contribution in [2.45, 2.75) is 38.8 Å². The smallest absolute Gasteiger partial charge is 0.0691 e. The Bertz CT molecular complexity index is 303. The Morgan fingerprint density at radius 2 is 2.24 bits per heavy atom. The monoisotopic (exact) mass is 238 g/mol. The van der Waals surface area contributed by atoms with Crippen LogP contribution in [0.25, 0.3) is 0 Å². The van der Waals surface area contributed by atoms with E-state index in [0.29, 0.717) is 12.0 Å². The summed E-state index contributed by atoms with van der Waals surface area (Å²) in [7, 11) is 0. The van der Waals surface area contributed by atoms with E-state index in [1.807, 2.05) is 6.08 Å². The summed E-state index contributed by atoms with van der Waals surface area (Å²) < 4.78 is 5.82. The van der Waals surface area contributed by atoms with Gasteiger partial charge in [0.15, 0.2) is 0 Å². The third kappa shape index (κ3) is 1.76. The van der Waals surface area contributed by atoms with Gasteiger partial charge in [0, 0.05) is 36.6 Å². The summed E-state index contributed by atoms with van der Waals surface area (Å²) in [5, 5.41) is 0. The summed E-state index contributed by atoms with van der Waals surface area (Å²) in [5.74, 6) is 0.538. The third-order valence-corrected chi connectivity index (χ3v) is 4.98. The summed E-state index contributed by atoms with van der Waals surface area (Å²) in [6.07, 6.45) is 3.45. The Morgan fingerprint density at radius 1 is 1.53 bits per heavy atom. The quantitative estimate of drug-likeness (QED) is 0.740. The Kier molecular flexibility index (Phi) is 3.36. The van der Waals surface area contributed by atoms with Gasteiger partial charge in [0.05, 0.1) is 6.10 Å². The predicted molar refractivity (Wildman–Crippen MR) is 70.9 cm³/mol. The standard InChI is InChI=1S/C14H26N2O/c1-5-8-16(6-2)10-14(15)11-7-9-17-12(11)13(14,3)4/h5,11-12H,1,6-10,15H2,2-4H3. The molecule has 3 nitrogen and oxygen atoms in total. The first-order valence-electron chi connectivity index (χ1n) is 6.71. The van der Waals surface area contributed by atoms with Crippen molar-refractivity contribution >= 4 is 0 Å². The lowest BCUT2D eigenvalue weighted by Gasteiger charge is -2.63. The number of nitrogens with two attached hydrogens (primary N) is 1. The van der Waals surface area contributed by atoms with Crippen molar-refractivity contribution < 1.29 is 4.74 Å². The maximum Gasteiger partial charge on any atom is 0.0691 e. The van der Waals surface area contributed by atoms with Gasteiger partial charge in [0.25, 0.3) is 0 Å². The van der Waals surface area contributed by atoms with Gasteiger partial charge in [-0.1, -0.05) is 26.8 Å². The lowest BCUT2D eigenvalue weighted by Crippen LogP contribution is -2.78. The first-order valence-corrected chi connectivity index (χ1v) is 6.71. The van der Waals surface area contributed by atoms with Crippen molar-refractivity contribution in [3.05, 3.63) is 12.7 Å². The average molecular weight is 238 g/mol. The largest absolute Gasteiger partial charge is 0.377 e. The second-order valence-corrected chi connectivity index (χ2v) is 6.07. The average Bonchev–Trinajstić information content (AvgIpc) is 2.76. The zero-order chi connectivity index (χ0) is 12.7. The van der Waals surface area contributed by atoms with Crippen LogP contribution in [0.1, 0.15) is 27.2 Å². The van der Waals surface area contributed by atoms with Crippen LogP contribution in [0.15, 0.2) is 12.7 Å². The zero-order valence-corrected chi connectivity index (χ0v) is 11.4. The lowest BCUT2D eigenvalue weighted by atomic mass is 9.48. The first-order chi connectivity index (χ1) is 7.97. The molecule has 1 heterocycles. The number of ether oxygens (including phenoxy) is 1. The van der Waals surface area contributed by atoms with Gasteiger partial charge in [-0.05, 0) is 13.0 Å². The topological polar surface area (TPSA) is 38.5 Å². The molecule has 17 heavy (non-hydrogen) atoms. The van der Waals surface area contributed by atoms with Crippen LogP contribution >= 0.6 is 0 Å². The summed E-state index contributed by atoms with van der Waals surface area (Å²) in [4.78, 5) is 2.38. The molecule has 0 radical (unpaired) electrons. The molecule has 1 saturated heterocycles. The molecule has 1 saturated carbocycles. The van der Waals surface area contributed by atoms with Crippen LogP contribution in [0.3, 0.4) is 0 Å². The molecule has 3 atom stereocenters. The minimum atomic E-state index is -0.104. The summed E-state index contributed by atoms with van der Waals surface area (Å²) in [6.45, 7) is 14.3. The molecule has 3 heteroatoms. The number of hydrogen-bond donors (Lipinski definition) is 1. The number of rotatable bonds is 5. The van der Waals surface area contributed by atoms with E-state index in [1.165, 1.54) is 0 Å². The number of likely N-dealkylation sites (N-methyl/N-ethyl adjacent to an activating group) is 1. The van der Waals surface area contributed by atoms with Gasteiger partial charge < -0.3 is 10.5 Å². The van der Waals surface area contributed by atoms with Crippen LogP contribution in [-0.2, 0) is 4.74 Å². The number of fused-ring (bicyclic) bond motifs is 1. The fourth-order valence-electron chi connectivity index (χ4n) is 3.65. The highest BCUT2D eigenvalue weighted by molar-refractivity contribution is 5.21. The molecule has 0 aromatic carbocycles. The Hall–Kier alpha value is -0.380. The van der Waals surface area contributed by atoms with E-state index in [1.54, 1.807) is 0 Å². The van der Waals surface area contributed by atoms with Crippen molar-refractivity contribution in [1.82, 2.24) is 4.90 Å². The van der Waals surface area contributed by atoms with Gasteiger partial charge >= 0.3 is 0 Å². The van der Waals surface area contributed by atoms with Crippen LogP contribution in [-0.4, -0.2) is 42.8 Å². The third-order valence-electron chi connectivity index (χ3n) is 4.98. The molecule has 2 fully saturated rings. The molecule has 0 aromatic rings. The van der Waals surface area contributed by atoms with Gasteiger partial charge in [-0.15, -0.1) is 6.58 Å². The molecule has 0 spiro atoms. The molecule has 1 aliphatic carbocycles. The van der Waals surface area contributed by atoms with Crippen molar-refractivity contribution in [2.75, 3.05) is 26.2 Å². The van der Waals surface area contributed by atoms with Gasteiger partial charge in [-0.3, -0.25) is 4.90 Å². The van der Waals surface area contributed by atoms with Crippen LogP contribution < -0.4 is 5.73 Å². The van der Waals surface area contributed by atoms with Crippen molar-refractivity contribution in [2.24, 2.45) is 17.1 Å². The molecular formula is C14H26N2O. The first kappa shape index (κ1) is 13.1. The number of nitrogens with zero attached hydrogens (tertiary/aromatic N) is 1. The van der Waals surface area contributed by atoms with E-state index in [9.17, 15) is 0 Å². The van der Waals surface area contributed by atoms with Crippen LogP contribution in [0, 0.1) is 11.3 Å². The predicted octanol–water partition coefficient (Wildman–Crippen LogP) is 1.64. The fraction of sp³-hybridized carbons (Fsp3) is 0.857. The normalized spacial score (nSPS) is 38.9. The Balaban J connectivity index is 2.10. The summed E-state index contributed by atoms with van der Waals surface area (Å²) in [6, 6.07) is 0. The second kappa shape index (κ2) is 4.38. The maximum atomic E-state index is 6.72. The van der Waals surface area contributed by atoms with E-state index in [-0.39, 0.29) is 11.0 Å². The molecule has 2 rings (SSSR count). The Labute approximate surface area is 105 Å². The SMILES string of the molecule is C=CCN(CC)CC1(N)C2CCOC2C1(C)C. The van der Waals surface area contributed by atoms with Crippen molar-refractivity contribution in [3.63, 3.8) is 0 Å². The van der Waals surface area contributed by atoms with E-state index in [0.717, 1.165) is 32.7 Å². The molecule has 0 bridgehead atoms. The van der Waals surface area contributed by atoms with Gasteiger partial charge in [-0.2, -0.15) is 0 Å². The van der Waals surface area contributed by atoms with E-state index >= 15 is 0 Å². The Morgan fingerprint density at radius 3 is 2.82 bits per heavy atom. The fourth-order valence-corrected chi connectivity index (χ4v) is 3.65. The van der Waals surface area contributed by atoms with E-state index in [2.05, 4.69) is 32.3 Å². The maximum absolute atomic E-state index is 6.72. The van der Waals surface area contributed by atoms with Crippen molar-refractivity contribution in [1.29, 1.82) is 0 Å². The van der Waals surface area contributed by atoms with Crippen LogP contribution in [0.2, 0.25) is 0 Å². The molecule has 98 valence electrons. The zero-order valence-electron chi connectivity index (χ0n) is 11.4. The molecule has 0 aromatic heterocycles. The minimum Gasteiger partial charge on any atom is -0.377 e. The van der Waals surface area contributed by atoms with Crippen LogP contribution in [0.4, 0.5) is 0 Å².